The van der Waals surface area contributed by atoms with Gasteiger partial charge in [-0.2, -0.15) is 16.8 Å². The van der Waals surface area contributed by atoms with Crippen molar-refractivity contribution >= 4 is 20.2 Å². The summed E-state index contributed by atoms with van der Waals surface area (Å²) < 4.78 is 73.8. The van der Waals surface area contributed by atoms with Gasteiger partial charge in [0.2, 0.25) is 16.0 Å². The minimum Gasteiger partial charge on any atom is -1.00 e. The van der Waals surface area contributed by atoms with Gasteiger partial charge in [-0.05, 0) is 36.4 Å². The van der Waals surface area contributed by atoms with E-state index in [1.54, 1.807) is 18.2 Å². The van der Waals surface area contributed by atoms with Crippen molar-refractivity contribution in [2.45, 2.75) is 10.2 Å². The number of furan rings is 2. The van der Waals surface area contributed by atoms with Crippen LogP contribution in [0.5, 0.6) is 0 Å². The average molecular weight is 498 g/mol. The topological polar surface area (TPSA) is 187 Å². The Morgan fingerprint density at radius 1 is 0.750 bits per heavy atom. The Labute approximate surface area is 228 Å². The van der Waals surface area contributed by atoms with Gasteiger partial charge in [0.1, 0.15) is 11.4 Å². The molecular weight excluding hydrogens is 486 g/mol. The Morgan fingerprint density at radius 3 is 1.78 bits per heavy atom. The van der Waals surface area contributed by atoms with Crippen molar-refractivity contribution in [2.75, 3.05) is 0 Å². The van der Waals surface area contributed by atoms with E-state index in [9.17, 15) is 16.8 Å². The molecule has 16 heteroatoms. The molecule has 0 aromatic carbocycles. The quantitative estimate of drug-likeness (QED) is 0.202. The molecular formula is C16H12N4Na2O8S2. The van der Waals surface area contributed by atoms with Crippen molar-refractivity contribution in [1.82, 2.24) is 20.2 Å². The number of aromatic nitrogens is 4. The van der Waals surface area contributed by atoms with Gasteiger partial charge in [0.05, 0.1) is 0 Å². The molecule has 0 unspecified atom stereocenters. The first-order valence-electron chi connectivity index (χ1n) is 7.94. The molecule has 0 saturated heterocycles. The maximum atomic E-state index is 11.3. The molecule has 0 spiro atoms. The van der Waals surface area contributed by atoms with E-state index in [0.717, 1.165) is 12.1 Å². The molecule has 0 aliphatic rings. The Bertz CT molecular complexity index is 1470. The molecule has 4 aromatic heterocycles. The second-order valence-electron chi connectivity index (χ2n) is 5.74. The van der Waals surface area contributed by atoms with Gasteiger partial charge in [-0.3, -0.25) is 14.1 Å². The number of nitrogens with zero attached hydrogens (tertiary/aromatic N) is 4. The van der Waals surface area contributed by atoms with Crippen LogP contribution in [0, 0.1) is 0 Å². The van der Waals surface area contributed by atoms with Crippen molar-refractivity contribution in [1.29, 1.82) is 0 Å². The van der Waals surface area contributed by atoms with E-state index in [-0.39, 0.29) is 90.7 Å². The molecule has 4 rings (SSSR count). The van der Waals surface area contributed by atoms with E-state index in [0.29, 0.717) is 5.69 Å². The van der Waals surface area contributed by atoms with E-state index in [2.05, 4.69) is 20.2 Å². The normalized spacial score (nSPS) is 11.4. The Kier molecular flexibility index (Phi) is 8.55. The van der Waals surface area contributed by atoms with Gasteiger partial charge < -0.3 is 11.7 Å². The third-order valence-electron chi connectivity index (χ3n) is 3.72. The predicted octanol–water partition coefficient (Wildman–Crippen LogP) is -3.82. The second kappa shape index (κ2) is 10.2. The fourth-order valence-corrected chi connectivity index (χ4v) is 3.31. The molecule has 32 heavy (non-hydrogen) atoms. The maximum absolute atomic E-state index is 11.3. The summed E-state index contributed by atoms with van der Waals surface area (Å²) in [6, 6.07) is 9.38. The first-order valence-corrected chi connectivity index (χ1v) is 10.8. The van der Waals surface area contributed by atoms with Crippen LogP contribution >= 0.6 is 0 Å². The van der Waals surface area contributed by atoms with Gasteiger partial charge in [0.15, 0.2) is 17.2 Å². The molecule has 0 amide bonds. The Hall–Kier alpha value is -1.46. The third kappa shape index (κ3) is 5.72. The standard InChI is InChI=1S/C16H10N4O8S2.2Na.2H/c21-29(22,23)12-6-4-10(27-12)14-15(11-5-7-13(28-11)30(24,25)26)19-20-16(18-14)9-3-1-2-8-17-9;;;;/h1-8H,(H,21,22,23)(H,24,25,26);;;;/q;2*+1;2*-1. The van der Waals surface area contributed by atoms with Crippen LogP contribution in [-0.2, 0) is 20.2 Å². The van der Waals surface area contributed by atoms with E-state index in [1.807, 2.05) is 0 Å². The summed E-state index contributed by atoms with van der Waals surface area (Å²) in [5, 5.41) is 6.43. The van der Waals surface area contributed by atoms with Crippen molar-refractivity contribution in [2.24, 2.45) is 0 Å². The zero-order valence-electron chi connectivity index (χ0n) is 18.6. The first-order chi connectivity index (χ1) is 14.1. The van der Waals surface area contributed by atoms with Gasteiger partial charge >= 0.3 is 79.4 Å². The van der Waals surface area contributed by atoms with E-state index in [4.69, 9.17) is 17.9 Å². The number of pyridine rings is 1. The second-order valence-corrected chi connectivity index (χ2v) is 8.44. The van der Waals surface area contributed by atoms with E-state index in [1.165, 1.54) is 18.3 Å². The zero-order chi connectivity index (χ0) is 21.5. The van der Waals surface area contributed by atoms with Crippen molar-refractivity contribution in [3.63, 3.8) is 0 Å². The molecule has 4 heterocycles. The van der Waals surface area contributed by atoms with Gasteiger partial charge in [0.25, 0.3) is 0 Å². The van der Waals surface area contributed by atoms with E-state index >= 15 is 0 Å². The maximum Gasteiger partial charge on any atom is 1.00 e. The monoisotopic (exact) mass is 498 g/mol. The number of hydrogen-bond acceptors (Lipinski definition) is 10. The fraction of sp³-hybridized carbons (Fsp3) is 0. The fourth-order valence-electron chi connectivity index (χ4n) is 2.44. The van der Waals surface area contributed by atoms with Gasteiger partial charge in [-0.25, -0.2) is 4.98 Å². The largest absolute Gasteiger partial charge is 1.00 e. The average Bonchev–Trinajstić information content (AvgIpc) is 3.37. The zero-order valence-corrected chi connectivity index (χ0v) is 22.2. The van der Waals surface area contributed by atoms with Crippen LogP contribution in [0.25, 0.3) is 34.4 Å². The summed E-state index contributed by atoms with van der Waals surface area (Å²) in [5.74, 6) is -0.217. The van der Waals surface area contributed by atoms with Crippen molar-refractivity contribution in [3.05, 3.63) is 48.7 Å². The van der Waals surface area contributed by atoms with Crippen LogP contribution in [0.1, 0.15) is 2.85 Å². The van der Waals surface area contributed by atoms with E-state index < -0.39 is 30.4 Å². The van der Waals surface area contributed by atoms with Crippen LogP contribution < -0.4 is 59.1 Å². The first kappa shape index (κ1) is 26.8. The van der Waals surface area contributed by atoms with Crippen molar-refractivity contribution < 1.29 is 96.7 Å². The molecule has 0 saturated carbocycles. The van der Waals surface area contributed by atoms with Crippen LogP contribution in [-0.4, -0.2) is 46.1 Å². The molecule has 158 valence electrons. The van der Waals surface area contributed by atoms with Gasteiger partial charge in [-0.1, -0.05) is 6.07 Å². The molecule has 0 bridgehead atoms. The minimum atomic E-state index is -4.62. The Balaban J connectivity index is 0.00000272. The summed E-state index contributed by atoms with van der Waals surface area (Å²) in [6.45, 7) is 0. The summed E-state index contributed by atoms with van der Waals surface area (Å²) in [4.78, 5) is 8.38. The minimum absolute atomic E-state index is 0. The van der Waals surface area contributed by atoms with Gasteiger partial charge in [0, 0.05) is 6.20 Å². The summed E-state index contributed by atoms with van der Waals surface area (Å²) in [5.41, 5.74) is 0.162. The predicted molar refractivity (Wildman–Crippen MR) is 100 cm³/mol. The van der Waals surface area contributed by atoms with Crippen LogP contribution in [0.4, 0.5) is 0 Å². The molecule has 4 aromatic rings. The summed E-state index contributed by atoms with van der Waals surface area (Å²) in [7, 11) is -9.24. The van der Waals surface area contributed by atoms with Crippen LogP contribution in [0.15, 0.2) is 67.7 Å². The molecule has 0 fully saturated rings. The molecule has 0 radical (unpaired) electrons. The SMILES string of the molecule is O=S(=O)(O)c1ccc(-c2nnc(-c3ccccn3)nc2-c2ccc(S(=O)(=O)O)o2)o1.[H-].[H-].[Na+].[Na+]. The molecule has 0 aliphatic heterocycles. The third-order valence-corrected chi connectivity index (χ3v) is 5.17. The molecule has 2 N–H and O–H groups in total. The number of rotatable bonds is 5. The molecule has 0 atom stereocenters. The van der Waals surface area contributed by atoms with Crippen molar-refractivity contribution in [3.8, 4) is 34.4 Å². The smallest absolute Gasteiger partial charge is 1.00 e. The van der Waals surface area contributed by atoms with Crippen LogP contribution in [0.3, 0.4) is 0 Å². The number of hydrogen-bond donors (Lipinski definition) is 2. The molecule has 12 nitrogen and oxygen atoms in total. The summed E-state index contributed by atoms with van der Waals surface area (Å²) in [6.07, 6.45) is 1.50. The summed E-state index contributed by atoms with van der Waals surface area (Å²) >= 11 is 0. The molecule has 0 aliphatic carbocycles. The Morgan fingerprint density at radius 2 is 1.31 bits per heavy atom. The van der Waals surface area contributed by atoms with Crippen LogP contribution in [0.2, 0.25) is 0 Å². The van der Waals surface area contributed by atoms with Gasteiger partial charge in [-0.15, -0.1) is 10.2 Å².